The van der Waals surface area contributed by atoms with Gasteiger partial charge >= 0.3 is 5.97 Å². The quantitative estimate of drug-likeness (QED) is 0.685. The molecule has 0 radical (unpaired) electrons. The zero-order valence-corrected chi connectivity index (χ0v) is 15.8. The number of carboxylic acid groups (broad SMARTS) is 1. The van der Waals surface area contributed by atoms with Crippen molar-refractivity contribution in [3.8, 4) is 11.1 Å². The normalized spacial score (nSPS) is 18.0. The van der Waals surface area contributed by atoms with E-state index < -0.39 is 11.9 Å². The predicted molar refractivity (Wildman–Crippen MR) is 100 cm³/mol. The van der Waals surface area contributed by atoms with Crippen molar-refractivity contribution < 1.29 is 14.7 Å². The molecule has 0 aliphatic carbocycles. The molecule has 5 nitrogen and oxygen atoms in total. The molecular formula is C17H16ClIN2O3. The van der Waals surface area contributed by atoms with E-state index >= 15 is 0 Å². The first-order valence-electron chi connectivity index (χ1n) is 7.61. The summed E-state index contributed by atoms with van der Waals surface area (Å²) in [7, 11) is 0. The SMILES string of the molecule is CCC(C(=O)O)C1CNC(=O)c2cc(-c3cccc(Cl)c3)c(I)n21. The molecule has 1 aromatic heterocycles. The molecule has 7 heteroatoms. The highest BCUT2D eigenvalue weighted by atomic mass is 127. The summed E-state index contributed by atoms with van der Waals surface area (Å²) in [6.07, 6.45) is 0.496. The molecule has 24 heavy (non-hydrogen) atoms. The maximum atomic E-state index is 12.3. The molecule has 1 aromatic carbocycles. The summed E-state index contributed by atoms with van der Waals surface area (Å²) in [6.45, 7) is 2.17. The number of carbonyl (C=O) groups excluding carboxylic acids is 1. The third-order valence-electron chi connectivity index (χ3n) is 4.37. The first kappa shape index (κ1) is 17.3. The van der Waals surface area contributed by atoms with E-state index in [2.05, 4.69) is 27.9 Å². The van der Waals surface area contributed by atoms with Crippen LogP contribution >= 0.6 is 34.2 Å². The number of carboxylic acids is 1. The minimum absolute atomic E-state index is 0.183. The monoisotopic (exact) mass is 458 g/mol. The highest BCUT2D eigenvalue weighted by Crippen LogP contribution is 2.36. The fourth-order valence-electron chi connectivity index (χ4n) is 3.17. The van der Waals surface area contributed by atoms with Crippen LogP contribution in [0.2, 0.25) is 5.02 Å². The number of fused-ring (bicyclic) bond motifs is 1. The van der Waals surface area contributed by atoms with Crippen LogP contribution in [0.25, 0.3) is 11.1 Å². The average molecular weight is 459 g/mol. The zero-order chi connectivity index (χ0) is 17.4. The lowest BCUT2D eigenvalue weighted by Gasteiger charge is -2.31. The van der Waals surface area contributed by atoms with E-state index in [1.165, 1.54) is 0 Å². The molecule has 126 valence electrons. The van der Waals surface area contributed by atoms with Gasteiger partial charge in [-0.2, -0.15) is 0 Å². The maximum Gasteiger partial charge on any atom is 0.308 e. The van der Waals surface area contributed by atoms with Gasteiger partial charge in [0.1, 0.15) is 5.69 Å². The topological polar surface area (TPSA) is 71.3 Å². The van der Waals surface area contributed by atoms with Crippen molar-refractivity contribution >= 4 is 46.1 Å². The molecular weight excluding hydrogens is 443 g/mol. The van der Waals surface area contributed by atoms with Crippen molar-refractivity contribution in [3.05, 3.63) is 44.7 Å². The van der Waals surface area contributed by atoms with Gasteiger partial charge in [-0.15, -0.1) is 0 Å². The highest BCUT2D eigenvalue weighted by Gasteiger charge is 2.36. The molecule has 0 spiro atoms. The largest absolute Gasteiger partial charge is 0.481 e. The van der Waals surface area contributed by atoms with Gasteiger partial charge < -0.3 is 15.0 Å². The minimum Gasteiger partial charge on any atom is -0.481 e. The maximum absolute atomic E-state index is 12.3. The molecule has 1 amide bonds. The van der Waals surface area contributed by atoms with Crippen LogP contribution in [0.1, 0.15) is 29.9 Å². The molecule has 3 rings (SSSR count). The Kier molecular flexibility index (Phi) is 4.87. The van der Waals surface area contributed by atoms with Crippen molar-refractivity contribution in [3.63, 3.8) is 0 Å². The van der Waals surface area contributed by atoms with Gasteiger partial charge in [0.05, 0.1) is 15.7 Å². The lowest BCUT2D eigenvalue weighted by Crippen LogP contribution is -2.43. The predicted octanol–water partition coefficient (Wildman–Crippen LogP) is 3.81. The van der Waals surface area contributed by atoms with Crippen molar-refractivity contribution in [1.82, 2.24) is 9.88 Å². The number of aliphatic carboxylic acids is 1. The van der Waals surface area contributed by atoms with Gasteiger partial charge in [-0.3, -0.25) is 9.59 Å². The van der Waals surface area contributed by atoms with Gasteiger partial charge in [-0.25, -0.2) is 0 Å². The summed E-state index contributed by atoms with van der Waals surface area (Å²) in [6, 6.07) is 8.92. The summed E-state index contributed by atoms with van der Waals surface area (Å²) >= 11 is 8.26. The lowest BCUT2D eigenvalue weighted by atomic mass is 9.95. The molecule has 2 heterocycles. The van der Waals surface area contributed by atoms with Gasteiger partial charge in [0, 0.05) is 17.1 Å². The van der Waals surface area contributed by atoms with Crippen molar-refractivity contribution in [2.45, 2.75) is 19.4 Å². The van der Waals surface area contributed by atoms with Crippen LogP contribution < -0.4 is 5.32 Å². The molecule has 0 saturated heterocycles. The molecule has 2 aromatic rings. The third kappa shape index (κ3) is 2.93. The Balaban J connectivity index is 2.15. The second-order valence-corrected chi connectivity index (χ2v) is 7.20. The summed E-state index contributed by atoms with van der Waals surface area (Å²) in [4.78, 5) is 23.9. The Hall–Kier alpha value is -1.54. The number of aromatic nitrogens is 1. The summed E-state index contributed by atoms with van der Waals surface area (Å²) in [5, 5.41) is 12.9. The van der Waals surface area contributed by atoms with Crippen molar-refractivity contribution in [1.29, 1.82) is 0 Å². The van der Waals surface area contributed by atoms with E-state index in [0.717, 1.165) is 14.8 Å². The zero-order valence-electron chi connectivity index (χ0n) is 12.9. The Labute approximate surface area is 158 Å². The van der Waals surface area contributed by atoms with Crippen LogP contribution in [-0.2, 0) is 4.79 Å². The number of benzene rings is 1. The fraction of sp³-hybridized carbons (Fsp3) is 0.294. The third-order valence-corrected chi connectivity index (χ3v) is 5.70. The first-order chi connectivity index (χ1) is 11.4. The number of rotatable bonds is 4. The Morgan fingerprint density at radius 2 is 2.25 bits per heavy atom. The van der Waals surface area contributed by atoms with Crippen LogP contribution in [0, 0.1) is 9.62 Å². The number of hydrogen-bond acceptors (Lipinski definition) is 2. The Bertz CT molecular complexity index is 818. The molecule has 1 aliphatic rings. The van der Waals surface area contributed by atoms with E-state index in [4.69, 9.17) is 11.6 Å². The summed E-state index contributed by atoms with van der Waals surface area (Å²) < 4.78 is 2.71. The second-order valence-electron chi connectivity index (χ2n) is 5.74. The fourth-order valence-corrected chi connectivity index (χ4v) is 4.45. The number of nitrogens with one attached hydrogen (secondary N) is 1. The van der Waals surface area contributed by atoms with Gasteiger partial charge in [0.2, 0.25) is 0 Å². The number of hydrogen-bond donors (Lipinski definition) is 2. The van der Waals surface area contributed by atoms with Crippen LogP contribution in [0.3, 0.4) is 0 Å². The van der Waals surface area contributed by atoms with E-state index in [0.29, 0.717) is 23.7 Å². The van der Waals surface area contributed by atoms with Gasteiger partial charge in [-0.05, 0) is 52.8 Å². The smallest absolute Gasteiger partial charge is 0.308 e. The molecule has 1 aliphatic heterocycles. The number of nitrogens with zero attached hydrogens (tertiary/aromatic N) is 1. The summed E-state index contributed by atoms with van der Waals surface area (Å²) in [5.74, 6) is -1.59. The van der Waals surface area contributed by atoms with Crippen LogP contribution in [0.5, 0.6) is 0 Å². The van der Waals surface area contributed by atoms with Gasteiger partial charge in [0.15, 0.2) is 0 Å². The molecule has 0 saturated carbocycles. The van der Waals surface area contributed by atoms with Crippen LogP contribution in [-0.4, -0.2) is 28.1 Å². The lowest BCUT2D eigenvalue weighted by molar-refractivity contribution is -0.143. The van der Waals surface area contributed by atoms with E-state index in [1.54, 1.807) is 6.07 Å². The van der Waals surface area contributed by atoms with Crippen LogP contribution in [0.4, 0.5) is 0 Å². The second kappa shape index (κ2) is 6.76. The molecule has 0 fully saturated rings. The first-order valence-corrected chi connectivity index (χ1v) is 9.07. The molecule has 2 N–H and O–H groups in total. The van der Waals surface area contributed by atoms with Gasteiger partial charge in [0.25, 0.3) is 5.91 Å². The summed E-state index contributed by atoms with van der Waals surface area (Å²) in [5.41, 5.74) is 2.28. The van der Waals surface area contributed by atoms with Crippen molar-refractivity contribution in [2.24, 2.45) is 5.92 Å². The average Bonchev–Trinajstić information content (AvgIpc) is 2.89. The molecule has 2 atom stereocenters. The number of amides is 1. The highest BCUT2D eigenvalue weighted by molar-refractivity contribution is 14.1. The van der Waals surface area contributed by atoms with E-state index in [1.807, 2.05) is 35.8 Å². The number of carbonyl (C=O) groups is 2. The Morgan fingerprint density at radius 1 is 1.50 bits per heavy atom. The molecule has 2 unspecified atom stereocenters. The standard InChI is InChI=1S/C17H16ClIN2O3/c1-2-11(17(23)24)14-8-20-16(22)13-7-12(15(19)21(13)14)9-4-3-5-10(18)6-9/h3-7,11,14H,2,8H2,1H3,(H,20,22)(H,23,24). The number of halogens is 2. The molecule has 0 bridgehead atoms. The van der Waals surface area contributed by atoms with E-state index in [-0.39, 0.29) is 11.9 Å². The van der Waals surface area contributed by atoms with Gasteiger partial charge in [-0.1, -0.05) is 30.7 Å². The van der Waals surface area contributed by atoms with Crippen LogP contribution in [0.15, 0.2) is 30.3 Å². The van der Waals surface area contributed by atoms with Crippen molar-refractivity contribution in [2.75, 3.05) is 6.54 Å². The minimum atomic E-state index is -0.849. The Morgan fingerprint density at radius 3 is 2.88 bits per heavy atom. The van der Waals surface area contributed by atoms with E-state index in [9.17, 15) is 14.7 Å².